The Morgan fingerprint density at radius 2 is 2.33 bits per heavy atom. The highest BCUT2D eigenvalue weighted by Gasteiger charge is 2.31. The number of benzene rings is 1. The molecule has 0 heterocycles. The number of rotatable bonds is 6. The Hall–Kier alpha value is -1.33. The molecule has 18 heavy (non-hydrogen) atoms. The number of halogens is 1. The van der Waals surface area contributed by atoms with Gasteiger partial charge in [0.05, 0.1) is 28.3 Å². The Morgan fingerprint density at radius 3 is 2.89 bits per heavy atom. The molecule has 98 valence electrons. The van der Waals surface area contributed by atoms with Gasteiger partial charge in [-0.05, 0) is 24.8 Å². The molecule has 1 aromatic rings. The lowest BCUT2D eigenvalue weighted by molar-refractivity contribution is -0.384. The first-order valence-corrected chi connectivity index (χ1v) is 6.19. The summed E-state index contributed by atoms with van der Waals surface area (Å²) in [6, 6.07) is 4.57. The van der Waals surface area contributed by atoms with Crippen molar-refractivity contribution in [1.29, 1.82) is 0 Å². The van der Waals surface area contributed by atoms with Gasteiger partial charge in [0.2, 0.25) is 0 Å². The summed E-state index contributed by atoms with van der Waals surface area (Å²) in [5.41, 5.74) is 0.633. The van der Waals surface area contributed by atoms with Gasteiger partial charge in [0.15, 0.2) is 0 Å². The van der Waals surface area contributed by atoms with Crippen LogP contribution in [0.1, 0.15) is 12.8 Å². The van der Waals surface area contributed by atoms with E-state index in [1.165, 1.54) is 12.1 Å². The summed E-state index contributed by atoms with van der Waals surface area (Å²) in [6.45, 7) is 0.573. The normalized spacial score (nSPS) is 16.3. The van der Waals surface area contributed by atoms with Crippen LogP contribution < -0.4 is 5.32 Å². The standard InChI is InChI=1S/C12H15ClN2O3/c1-18-7-12(8-2-3-8)14-11-6-9(15(16)17)4-5-10(11)13/h4-6,8,12,14H,2-3,7H2,1H3. The van der Waals surface area contributed by atoms with E-state index < -0.39 is 4.92 Å². The number of ether oxygens (including phenoxy) is 1. The summed E-state index contributed by atoms with van der Waals surface area (Å²) >= 11 is 6.04. The molecule has 0 spiro atoms. The summed E-state index contributed by atoms with van der Waals surface area (Å²) in [5, 5.41) is 14.5. The van der Waals surface area contributed by atoms with Crippen molar-refractivity contribution in [3.63, 3.8) is 0 Å². The van der Waals surface area contributed by atoms with E-state index in [2.05, 4.69) is 5.32 Å². The minimum atomic E-state index is -0.427. The average Bonchev–Trinajstić information content (AvgIpc) is 3.14. The Kier molecular flexibility index (Phi) is 4.04. The quantitative estimate of drug-likeness (QED) is 0.637. The van der Waals surface area contributed by atoms with Crippen molar-refractivity contribution >= 4 is 23.0 Å². The van der Waals surface area contributed by atoms with Gasteiger partial charge in [-0.2, -0.15) is 0 Å². The van der Waals surface area contributed by atoms with E-state index in [0.29, 0.717) is 23.2 Å². The van der Waals surface area contributed by atoms with Gasteiger partial charge in [0.25, 0.3) is 5.69 Å². The predicted molar refractivity (Wildman–Crippen MR) is 70.1 cm³/mol. The van der Waals surface area contributed by atoms with Crippen LogP contribution in [0.3, 0.4) is 0 Å². The maximum absolute atomic E-state index is 10.7. The number of nitro benzene ring substituents is 1. The second kappa shape index (κ2) is 5.54. The van der Waals surface area contributed by atoms with Crippen LogP contribution >= 0.6 is 11.6 Å². The summed E-state index contributed by atoms with van der Waals surface area (Å²) in [4.78, 5) is 10.3. The van der Waals surface area contributed by atoms with Gasteiger partial charge in [0.1, 0.15) is 0 Å². The van der Waals surface area contributed by atoms with Crippen LogP contribution in [0.5, 0.6) is 0 Å². The number of methoxy groups -OCH3 is 1. The zero-order chi connectivity index (χ0) is 13.1. The van der Waals surface area contributed by atoms with Gasteiger partial charge in [0, 0.05) is 19.2 Å². The summed E-state index contributed by atoms with van der Waals surface area (Å²) in [6.07, 6.45) is 2.32. The van der Waals surface area contributed by atoms with Gasteiger partial charge in [-0.3, -0.25) is 10.1 Å². The van der Waals surface area contributed by atoms with Gasteiger partial charge in [-0.1, -0.05) is 11.6 Å². The summed E-state index contributed by atoms with van der Waals surface area (Å²) in [7, 11) is 1.64. The van der Waals surface area contributed by atoms with E-state index in [4.69, 9.17) is 16.3 Å². The Labute approximate surface area is 110 Å². The molecule has 1 saturated carbocycles. The lowest BCUT2D eigenvalue weighted by Crippen LogP contribution is -2.27. The fourth-order valence-corrected chi connectivity index (χ4v) is 2.08. The molecule has 0 radical (unpaired) electrons. The third-order valence-corrected chi connectivity index (χ3v) is 3.37. The molecule has 1 aliphatic rings. The number of hydrogen-bond acceptors (Lipinski definition) is 4. The van der Waals surface area contributed by atoms with Crippen molar-refractivity contribution in [3.05, 3.63) is 33.3 Å². The number of non-ortho nitro benzene ring substituents is 1. The molecule has 0 aromatic heterocycles. The van der Waals surface area contributed by atoms with E-state index in [9.17, 15) is 10.1 Å². The fourth-order valence-electron chi connectivity index (χ4n) is 1.91. The van der Waals surface area contributed by atoms with Crippen LogP contribution in [0.25, 0.3) is 0 Å². The van der Waals surface area contributed by atoms with Crippen LogP contribution in [0, 0.1) is 16.0 Å². The van der Waals surface area contributed by atoms with E-state index in [1.807, 2.05) is 0 Å². The zero-order valence-corrected chi connectivity index (χ0v) is 10.8. The summed E-state index contributed by atoms with van der Waals surface area (Å²) < 4.78 is 5.16. The molecule has 2 rings (SSSR count). The SMILES string of the molecule is COCC(Nc1cc([N+](=O)[O-])ccc1Cl)C1CC1. The highest BCUT2D eigenvalue weighted by Crippen LogP contribution is 2.36. The number of nitrogens with one attached hydrogen (secondary N) is 1. The molecule has 0 bridgehead atoms. The van der Waals surface area contributed by atoms with Crippen molar-refractivity contribution < 1.29 is 9.66 Å². The van der Waals surface area contributed by atoms with Crippen molar-refractivity contribution in [2.75, 3.05) is 19.0 Å². The Balaban J connectivity index is 2.15. The maximum atomic E-state index is 10.7. The van der Waals surface area contributed by atoms with Gasteiger partial charge in [-0.15, -0.1) is 0 Å². The van der Waals surface area contributed by atoms with Crippen LogP contribution in [0.15, 0.2) is 18.2 Å². The number of nitro groups is 1. The molecule has 6 heteroatoms. The molecule has 5 nitrogen and oxygen atoms in total. The largest absolute Gasteiger partial charge is 0.383 e. The fraction of sp³-hybridized carbons (Fsp3) is 0.500. The topological polar surface area (TPSA) is 64.4 Å². The lowest BCUT2D eigenvalue weighted by Gasteiger charge is -2.19. The van der Waals surface area contributed by atoms with Crippen LogP contribution in [0.4, 0.5) is 11.4 Å². The van der Waals surface area contributed by atoms with Gasteiger partial charge in [-0.25, -0.2) is 0 Å². The second-order valence-corrected chi connectivity index (χ2v) is 4.87. The molecule has 0 amide bonds. The van der Waals surface area contributed by atoms with Crippen molar-refractivity contribution in [1.82, 2.24) is 0 Å². The second-order valence-electron chi connectivity index (χ2n) is 4.46. The molecule has 1 aliphatic carbocycles. The highest BCUT2D eigenvalue weighted by molar-refractivity contribution is 6.33. The van der Waals surface area contributed by atoms with Crippen molar-refractivity contribution in [2.45, 2.75) is 18.9 Å². The minimum absolute atomic E-state index is 0.0360. The molecule has 0 aliphatic heterocycles. The van der Waals surface area contributed by atoms with E-state index >= 15 is 0 Å². The summed E-state index contributed by atoms with van der Waals surface area (Å²) in [5.74, 6) is 0.570. The molecule has 1 aromatic carbocycles. The molecule has 1 unspecified atom stereocenters. The van der Waals surface area contributed by atoms with E-state index in [0.717, 1.165) is 12.8 Å². The first-order chi connectivity index (χ1) is 8.61. The lowest BCUT2D eigenvalue weighted by atomic mass is 10.2. The van der Waals surface area contributed by atoms with Crippen LogP contribution in [0.2, 0.25) is 5.02 Å². The third-order valence-electron chi connectivity index (χ3n) is 3.04. The van der Waals surface area contributed by atoms with Crippen LogP contribution in [-0.2, 0) is 4.74 Å². The highest BCUT2D eigenvalue weighted by atomic mass is 35.5. The predicted octanol–water partition coefficient (Wildman–Crippen LogP) is 3.09. The first kappa shape index (κ1) is 13.1. The molecule has 1 fully saturated rings. The van der Waals surface area contributed by atoms with Crippen molar-refractivity contribution in [2.24, 2.45) is 5.92 Å². The molecule has 1 atom stereocenters. The van der Waals surface area contributed by atoms with E-state index in [-0.39, 0.29) is 11.7 Å². The molecular formula is C12H15ClN2O3. The number of hydrogen-bond donors (Lipinski definition) is 1. The minimum Gasteiger partial charge on any atom is -0.383 e. The first-order valence-electron chi connectivity index (χ1n) is 5.81. The van der Waals surface area contributed by atoms with E-state index in [1.54, 1.807) is 13.2 Å². The smallest absolute Gasteiger partial charge is 0.271 e. The Morgan fingerprint density at radius 1 is 1.61 bits per heavy atom. The molecule has 0 saturated heterocycles. The third kappa shape index (κ3) is 3.11. The number of anilines is 1. The maximum Gasteiger partial charge on any atom is 0.271 e. The van der Waals surface area contributed by atoms with Crippen LogP contribution in [-0.4, -0.2) is 24.7 Å². The monoisotopic (exact) mass is 270 g/mol. The van der Waals surface area contributed by atoms with Crippen molar-refractivity contribution in [3.8, 4) is 0 Å². The van der Waals surface area contributed by atoms with Gasteiger partial charge >= 0.3 is 0 Å². The zero-order valence-electron chi connectivity index (χ0n) is 10.1. The Bertz CT molecular complexity index is 449. The van der Waals surface area contributed by atoms with Gasteiger partial charge < -0.3 is 10.1 Å². The average molecular weight is 271 g/mol. The molecule has 1 N–H and O–H groups in total. The number of nitrogens with zero attached hydrogens (tertiary/aromatic N) is 1. The molecular weight excluding hydrogens is 256 g/mol.